The summed E-state index contributed by atoms with van der Waals surface area (Å²) in [6.45, 7) is 0. The van der Waals surface area contributed by atoms with E-state index in [1.807, 2.05) is 18.2 Å². The monoisotopic (exact) mass is 285 g/mol. The van der Waals surface area contributed by atoms with Gasteiger partial charge in [-0.25, -0.2) is 0 Å². The molecule has 0 amide bonds. The fraction of sp³-hybridized carbons (Fsp3) is 0.0833. The number of hydrogen-bond acceptors (Lipinski definition) is 2. The topological polar surface area (TPSA) is 36.0 Å². The third kappa shape index (κ3) is 3.36. The zero-order valence-corrected chi connectivity index (χ0v) is 11.1. The van der Waals surface area contributed by atoms with Crippen LogP contribution >= 0.6 is 23.2 Å². The normalized spacial score (nSPS) is 12.4. The Hall–Kier alpha value is -0.740. The summed E-state index contributed by atoms with van der Waals surface area (Å²) >= 11 is 10.5. The van der Waals surface area contributed by atoms with Crippen LogP contribution in [0.4, 0.5) is 0 Å². The van der Waals surface area contributed by atoms with Gasteiger partial charge in [-0.05, 0) is 35.4 Å². The predicted octanol–water partition coefficient (Wildman–Crippen LogP) is 3.70. The fourth-order valence-corrected chi connectivity index (χ4v) is 2.76. The van der Waals surface area contributed by atoms with Gasteiger partial charge >= 0.3 is 0 Å². The molecule has 1 heterocycles. The number of halogens is 2. The molecule has 0 saturated heterocycles. The maximum atomic E-state index is 12.0. The summed E-state index contributed by atoms with van der Waals surface area (Å²) in [4.78, 5) is 4.79. The lowest BCUT2D eigenvalue weighted by molar-refractivity contribution is 0.593. The number of aromatic nitrogens is 1. The maximum Gasteiger partial charge on any atom is 0.154 e. The van der Waals surface area contributed by atoms with E-state index in [0.29, 0.717) is 20.7 Å². The highest BCUT2D eigenvalue weighted by Crippen LogP contribution is 2.26. The van der Waals surface area contributed by atoms with Crippen LogP contribution in [0.25, 0.3) is 0 Å². The van der Waals surface area contributed by atoms with Crippen molar-refractivity contribution in [3.8, 4) is 0 Å². The van der Waals surface area contributed by atoms with Gasteiger partial charge in [0.15, 0.2) is 10.6 Å². The van der Waals surface area contributed by atoms with Crippen LogP contribution in [0, 0.1) is 0 Å². The van der Waals surface area contributed by atoms with Crippen molar-refractivity contribution in [2.75, 3.05) is 0 Å². The van der Waals surface area contributed by atoms with Crippen LogP contribution in [0.15, 0.2) is 47.5 Å². The first-order valence-electron chi connectivity index (χ1n) is 4.90. The van der Waals surface area contributed by atoms with Crippen molar-refractivity contribution in [2.45, 2.75) is 10.6 Å². The highest BCUT2D eigenvalue weighted by Gasteiger charge is 2.14. The molecular formula is C12H9Cl2NOS. The van der Waals surface area contributed by atoms with Gasteiger partial charge in [-0.2, -0.15) is 0 Å². The summed E-state index contributed by atoms with van der Waals surface area (Å²) in [6.07, 6.45) is 1.68. The number of pyridine rings is 1. The summed E-state index contributed by atoms with van der Waals surface area (Å²) in [6, 6.07) is 10.5. The number of nitrogens with zero attached hydrogens (tertiary/aromatic N) is 1. The predicted molar refractivity (Wildman–Crippen MR) is 70.8 cm³/mol. The molecule has 1 aromatic heterocycles. The van der Waals surface area contributed by atoms with Crippen LogP contribution in [0.5, 0.6) is 0 Å². The van der Waals surface area contributed by atoms with Gasteiger partial charge in [-0.15, -0.1) is 0 Å². The summed E-state index contributed by atoms with van der Waals surface area (Å²) in [7, 11) is 0. The summed E-state index contributed by atoms with van der Waals surface area (Å²) in [5.74, 6) is 0.374. The molecule has 2 nitrogen and oxygen atoms in total. The second-order valence-corrected chi connectivity index (χ2v) is 5.65. The van der Waals surface area contributed by atoms with E-state index in [1.54, 1.807) is 24.4 Å². The Bertz CT molecular complexity index is 507. The summed E-state index contributed by atoms with van der Waals surface area (Å²) in [5.41, 5.74) is 0.789. The molecule has 0 N–H and O–H groups in total. The average molecular weight is 286 g/mol. The van der Waals surface area contributed by atoms with Crippen molar-refractivity contribution >= 4 is 34.4 Å². The molecule has 0 spiro atoms. The van der Waals surface area contributed by atoms with E-state index in [0.717, 1.165) is 5.69 Å². The molecule has 17 heavy (non-hydrogen) atoms. The van der Waals surface area contributed by atoms with E-state index in [2.05, 4.69) is 4.98 Å². The van der Waals surface area contributed by atoms with Crippen molar-refractivity contribution in [1.82, 2.24) is 4.98 Å². The minimum Gasteiger partial charge on any atom is -0.611 e. The number of benzene rings is 1. The standard InChI is InChI=1S/C12H9Cl2NOS/c13-11-5-4-10(7-12(11)14)17(16)8-9-3-1-2-6-15-9/h1-7H,8H2. The highest BCUT2D eigenvalue weighted by atomic mass is 35.5. The largest absolute Gasteiger partial charge is 0.611 e. The molecule has 0 aliphatic heterocycles. The lowest BCUT2D eigenvalue weighted by atomic mass is 10.4. The maximum absolute atomic E-state index is 12.0. The van der Waals surface area contributed by atoms with Crippen molar-refractivity contribution in [3.63, 3.8) is 0 Å². The molecule has 2 rings (SSSR count). The Labute approximate surface area is 113 Å². The zero-order chi connectivity index (χ0) is 12.3. The highest BCUT2D eigenvalue weighted by molar-refractivity contribution is 7.90. The first kappa shape index (κ1) is 12.7. The van der Waals surface area contributed by atoms with Crippen molar-refractivity contribution in [2.24, 2.45) is 0 Å². The first-order chi connectivity index (χ1) is 8.16. The molecule has 0 aliphatic carbocycles. The van der Waals surface area contributed by atoms with Gasteiger partial charge in [-0.3, -0.25) is 4.98 Å². The smallest absolute Gasteiger partial charge is 0.154 e. The molecule has 1 aromatic carbocycles. The Balaban J connectivity index is 2.14. The van der Waals surface area contributed by atoms with Crippen LogP contribution < -0.4 is 0 Å². The molecule has 2 aromatic rings. The average Bonchev–Trinajstić information content (AvgIpc) is 2.34. The third-order valence-corrected chi connectivity index (χ3v) is 4.24. The molecular weight excluding hydrogens is 277 g/mol. The number of hydrogen-bond donors (Lipinski definition) is 0. The van der Waals surface area contributed by atoms with Crippen molar-refractivity contribution < 1.29 is 4.55 Å². The van der Waals surface area contributed by atoms with Crippen LogP contribution in [0.3, 0.4) is 0 Å². The number of rotatable bonds is 3. The van der Waals surface area contributed by atoms with E-state index >= 15 is 0 Å². The first-order valence-corrected chi connectivity index (χ1v) is 6.97. The van der Waals surface area contributed by atoms with E-state index < -0.39 is 11.2 Å². The van der Waals surface area contributed by atoms with Crippen LogP contribution in [-0.4, -0.2) is 9.54 Å². The van der Waals surface area contributed by atoms with Crippen LogP contribution in [-0.2, 0) is 16.9 Å². The molecule has 88 valence electrons. The second-order valence-electron chi connectivity index (χ2n) is 3.39. The quantitative estimate of drug-likeness (QED) is 0.807. The molecule has 0 saturated carbocycles. The fourth-order valence-electron chi connectivity index (χ4n) is 1.32. The minimum atomic E-state index is -1.16. The molecule has 1 atom stereocenters. The van der Waals surface area contributed by atoms with Gasteiger partial charge in [0.25, 0.3) is 0 Å². The minimum absolute atomic E-state index is 0.374. The van der Waals surface area contributed by atoms with E-state index in [9.17, 15) is 4.55 Å². The summed E-state index contributed by atoms with van der Waals surface area (Å²) in [5, 5.41) is 0.879. The van der Waals surface area contributed by atoms with E-state index in [4.69, 9.17) is 23.2 Å². The van der Waals surface area contributed by atoms with Crippen molar-refractivity contribution in [3.05, 3.63) is 58.3 Å². The van der Waals surface area contributed by atoms with Crippen LogP contribution in [0.2, 0.25) is 10.0 Å². The lowest BCUT2D eigenvalue weighted by Gasteiger charge is -2.10. The zero-order valence-electron chi connectivity index (χ0n) is 8.77. The molecule has 5 heteroatoms. The Kier molecular flexibility index (Phi) is 4.29. The third-order valence-electron chi connectivity index (χ3n) is 2.16. The molecule has 0 radical (unpaired) electrons. The van der Waals surface area contributed by atoms with Gasteiger partial charge in [0.05, 0.1) is 15.7 Å². The second kappa shape index (κ2) is 5.74. The molecule has 0 bridgehead atoms. The van der Waals surface area contributed by atoms with E-state index in [-0.39, 0.29) is 0 Å². The molecule has 0 fully saturated rings. The Morgan fingerprint density at radius 1 is 1.12 bits per heavy atom. The Morgan fingerprint density at radius 3 is 2.59 bits per heavy atom. The Morgan fingerprint density at radius 2 is 1.94 bits per heavy atom. The van der Waals surface area contributed by atoms with Gasteiger partial charge < -0.3 is 4.55 Å². The SMILES string of the molecule is [O-][S+](Cc1ccccn1)c1ccc(Cl)c(Cl)c1. The molecule has 0 aliphatic rings. The van der Waals surface area contributed by atoms with Gasteiger partial charge in [0.1, 0.15) is 0 Å². The van der Waals surface area contributed by atoms with Gasteiger partial charge in [0, 0.05) is 12.3 Å². The summed E-state index contributed by atoms with van der Waals surface area (Å²) < 4.78 is 12.0. The molecule has 1 unspecified atom stereocenters. The van der Waals surface area contributed by atoms with E-state index in [1.165, 1.54) is 0 Å². The van der Waals surface area contributed by atoms with Gasteiger partial charge in [0.2, 0.25) is 0 Å². The van der Waals surface area contributed by atoms with Gasteiger partial charge in [-0.1, -0.05) is 29.3 Å². The van der Waals surface area contributed by atoms with Crippen molar-refractivity contribution in [1.29, 1.82) is 0 Å². The lowest BCUT2D eigenvalue weighted by Crippen LogP contribution is -2.06. The van der Waals surface area contributed by atoms with Crippen LogP contribution in [0.1, 0.15) is 5.69 Å².